The molecule has 0 atom stereocenters. The molecule has 0 spiro atoms. The number of rotatable bonds is 3. The van der Waals surface area contributed by atoms with Crippen LogP contribution in [0.25, 0.3) is 0 Å². The van der Waals surface area contributed by atoms with Crippen LogP contribution in [0.2, 0.25) is 0 Å². The molecule has 0 saturated carbocycles. The summed E-state index contributed by atoms with van der Waals surface area (Å²) in [6, 6.07) is 0. The van der Waals surface area contributed by atoms with Crippen molar-refractivity contribution in [3.63, 3.8) is 0 Å². The van der Waals surface area contributed by atoms with Gasteiger partial charge in [0.1, 0.15) is 5.75 Å². The Morgan fingerprint density at radius 1 is 0.833 bits per heavy atom. The van der Waals surface area contributed by atoms with Gasteiger partial charge in [0, 0.05) is 11.8 Å². The second kappa shape index (κ2) is 4.84. The Labute approximate surface area is 109 Å². The fourth-order valence-corrected chi connectivity index (χ4v) is 2.85. The Morgan fingerprint density at radius 3 is 1.50 bits per heavy atom. The number of hydrogen-bond donors (Lipinski definition) is 0. The summed E-state index contributed by atoms with van der Waals surface area (Å²) in [6.07, 6.45) is 1.09. The molecular formula is C14H20O3S. The topological polar surface area (TPSA) is 51.2 Å². The fraction of sp³-hybridized carbons (Fsp3) is 0.500. The van der Waals surface area contributed by atoms with Crippen molar-refractivity contribution in [3.05, 3.63) is 33.4 Å². The molecule has 0 amide bonds. The molecular weight excluding hydrogens is 248 g/mol. The van der Waals surface area contributed by atoms with E-state index in [4.69, 9.17) is 0 Å². The summed E-state index contributed by atoms with van der Waals surface area (Å²) in [5.41, 5.74) is 5.65. The summed E-state index contributed by atoms with van der Waals surface area (Å²) < 4.78 is 22.5. The molecule has 100 valence electrons. The average molecular weight is 268 g/mol. The zero-order valence-corrected chi connectivity index (χ0v) is 12.7. The first-order chi connectivity index (χ1) is 8.06. The highest BCUT2D eigenvalue weighted by molar-refractivity contribution is 7.91. The molecule has 0 bridgehead atoms. The SMILES string of the molecule is Cc1c(C)c(C)c(C(=O)CS(C)(=O)=O)c(C)c1C. The van der Waals surface area contributed by atoms with Crippen molar-refractivity contribution in [2.75, 3.05) is 12.0 Å². The molecule has 0 unspecified atom stereocenters. The normalized spacial score (nSPS) is 11.7. The van der Waals surface area contributed by atoms with Crippen molar-refractivity contribution in [2.45, 2.75) is 34.6 Å². The van der Waals surface area contributed by atoms with Gasteiger partial charge in [-0.05, 0) is 62.4 Å². The maximum absolute atomic E-state index is 12.1. The zero-order chi connectivity index (χ0) is 14.2. The monoisotopic (exact) mass is 268 g/mol. The largest absolute Gasteiger partial charge is 0.293 e. The van der Waals surface area contributed by atoms with Crippen LogP contribution < -0.4 is 0 Å². The minimum Gasteiger partial charge on any atom is -0.293 e. The van der Waals surface area contributed by atoms with Crippen molar-refractivity contribution in [1.29, 1.82) is 0 Å². The van der Waals surface area contributed by atoms with Crippen molar-refractivity contribution in [3.8, 4) is 0 Å². The molecule has 3 nitrogen and oxygen atoms in total. The van der Waals surface area contributed by atoms with Crippen LogP contribution in [0.15, 0.2) is 0 Å². The van der Waals surface area contributed by atoms with Gasteiger partial charge in [0.15, 0.2) is 15.6 Å². The first kappa shape index (κ1) is 14.9. The molecule has 0 fully saturated rings. The lowest BCUT2D eigenvalue weighted by atomic mass is 9.88. The zero-order valence-electron chi connectivity index (χ0n) is 11.8. The quantitative estimate of drug-likeness (QED) is 0.791. The summed E-state index contributed by atoms with van der Waals surface area (Å²) in [6.45, 7) is 9.72. The third-order valence-corrected chi connectivity index (χ3v) is 4.46. The number of sulfone groups is 1. The second-order valence-electron chi connectivity index (χ2n) is 4.99. The van der Waals surface area contributed by atoms with Crippen LogP contribution >= 0.6 is 0 Å². The number of hydrogen-bond acceptors (Lipinski definition) is 3. The third-order valence-electron chi connectivity index (χ3n) is 3.67. The number of carbonyl (C=O) groups is 1. The molecule has 18 heavy (non-hydrogen) atoms. The van der Waals surface area contributed by atoms with E-state index in [0.717, 1.165) is 28.5 Å². The highest BCUT2D eigenvalue weighted by atomic mass is 32.2. The van der Waals surface area contributed by atoms with Gasteiger partial charge in [-0.1, -0.05) is 0 Å². The van der Waals surface area contributed by atoms with Gasteiger partial charge in [-0.2, -0.15) is 0 Å². The maximum Gasteiger partial charge on any atom is 0.178 e. The van der Waals surface area contributed by atoms with Crippen molar-refractivity contribution < 1.29 is 13.2 Å². The predicted octanol–water partition coefficient (Wildman–Crippen LogP) is 2.46. The Balaban J connectivity index is 3.47. The molecule has 0 aliphatic heterocycles. The Bertz CT molecular complexity index is 581. The molecule has 1 rings (SSSR count). The molecule has 4 heteroatoms. The molecule has 0 aliphatic carbocycles. The van der Waals surface area contributed by atoms with Crippen LogP contribution in [0.5, 0.6) is 0 Å². The molecule has 0 radical (unpaired) electrons. The summed E-state index contributed by atoms with van der Waals surface area (Å²) in [4.78, 5) is 12.1. The standard InChI is InChI=1S/C14H20O3S/c1-8-9(2)11(4)14(12(5)10(8)3)13(15)7-18(6,16)17/h7H2,1-6H3. The lowest BCUT2D eigenvalue weighted by Gasteiger charge is -2.17. The molecule has 0 saturated heterocycles. The smallest absolute Gasteiger partial charge is 0.178 e. The van der Waals surface area contributed by atoms with E-state index < -0.39 is 15.6 Å². The third kappa shape index (κ3) is 2.80. The predicted molar refractivity (Wildman–Crippen MR) is 74.2 cm³/mol. The van der Waals surface area contributed by atoms with E-state index in [1.165, 1.54) is 5.56 Å². The lowest BCUT2D eigenvalue weighted by Crippen LogP contribution is -2.18. The molecule has 0 aromatic heterocycles. The van der Waals surface area contributed by atoms with Crippen molar-refractivity contribution in [1.82, 2.24) is 0 Å². The maximum atomic E-state index is 12.1. The van der Waals surface area contributed by atoms with Crippen LogP contribution in [-0.2, 0) is 9.84 Å². The van der Waals surface area contributed by atoms with Crippen LogP contribution in [-0.4, -0.2) is 26.2 Å². The summed E-state index contributed by atoms with van der Waals surface area (Å²) in [5, 5.41) is 0. The minimum atomic E-state index is -3.29. The van der Waals surface area contributed by atoms with Gasteiger partial charge < -0.3 is 0 Å². The van der Waals surface area contributed by atoms with Crippen LogP contribution in [0.1, 0.15) is 38.2 Å². The van der Waals surface area contributed by atoms with E-state index in [1.54, 1.807) is 0 Å². The van der Waals surface area contributed by atoms with E-state index in [1.807, 2.05) is 34.6 Å². The lowest BCUT2D eigenvalue weighted by molar-refractivity contribution is 0.101. The Hall–Kier alpha value is -1.16. The summed E-state index contributed by atoms with van der Waals surface area (Å²) >= 11 is 0. The molecule has 1 aromatic carbocycles. The molecule has 0 N–H and O–H groups in total. The second-order valence-corrected chi connectivity index (χ2v) is 7.13. The van der Waals surface area contributed by atoms with Crippen LogP contribution in [0.3, 0.4) is 0 Å². The first-order valence-electron chi connectivity index (χ1n) is 5.84. The summed E-state index contributed by atoms with van der Waals surface area (Å²) in [5.74, 6) is -0.727. The fourth-order valence-electron chi connectivity index (χ4n) is 2.23. The Morgan fingerprint density at radius 2 is 1.17 bits per heavy atom. The van der Waals surface area contributed by atoms with Gasteiger partial charge in [0.05, 0.1) is 0 Å². The summed E-state index contributed by atoms with van der Waals surface area (Å²) in [7, 11) is -3.29. The van der Waals surface area contributed by atoms with E-state index >= 15 is 0 Å². The van der Waals surface area contributed by atoms with Gasteiger partial charge >= 0.3 is 0 Å². The first-order valence-corrected chi connectivity index (χ1v) is 7.90. The van der Waals surface area contributed by atoms with Crippen LogP contribution in [0.4, 0.5) is 0 Å². The average Bonchev–Trinajstić information content (AvgIpc) is 2.21. The van der Waals surface area contributed by atoms with Gasteiger partial charge in [-0.15, -0.1) is 0 Å². The number of ketones is 1. The number of benzene rings is 1. The highest BCUT2D eigenvalue weighted by Gasteiger charge is 2.20. The molecule has 0 heterocycles. The van der Waals surface area contributed by atoms with Crippen LogP contribution in [0, 0.1) is 34.6 Å². The van der Waals surface area contributed by atoms with Gasteiger partial charge in [0.2, 0.25) is 0 Å². The van der Waals surface area contributed by atoms with Crippen molar-refractivity contribution >= 4 is 15.6 Å². The highest BCUT2D eigenvalue weighted by Crippen LogP contribution is 2.26. The van der Waals surface area contributed by atoms with E-state index in [-0.39, 0.29) is 5.78 Å². The molecule has 1 aromatic rings. The van der Waals surface area contributed by atoms with E-state index in [0.29, 0.717) is 5.56 Å². The van der Waals surface area contributed by atoms with Gasteiger partial charge in [-0.25, -0.2) is 8.42 Å². The van der Waals surface area contributed by atoms with E-state index in [9.17, 15) is 13.2 Å². The number of carbonyl (C=O) groups excluding carboxylic acids is 1. The van der Waals surface area contributed by atoms with Gasteiger partial charge in [0.25, 0.3) is 0 Å². The van der Waals surface area contributed by atoms with E-state index in [2.05, 4.69) is 0 Å². The molecule has 0 aliphatic rings. The van der Waals surface area contributed by atoms with Crippen molar-refractivity contribution in [2.24, 2.45) is 0 Å². The Kier molecular flexibility index (Phi) is 4.01. The number of Topliss-reactive ketones (excluding diaryl/α,β-unsaturated/α-hetero) is 1. The van der Waals surface area contributed by atoms with Gasteiger partial charge in [-0.3, -0.25) is 4.79 Å². The minimum absolute atomic E-state index is 0.307.